The predicted molar refractivity (Wildman–Crippen MR) is 88.0 cm³/mol. The van der Waals surface area contributed by atoms with Gasteiger partial charge in [-0.25, -0.2) is 4.39 Å². The van der Waals surface area contributed by atoms with Crippen molar-refractivity contribution in [1.29, 1.82) is 0 Å². The minimum Gasteiger partial charge on any atom is -0.334 e. The van der Waals surface area contributed by atoms with E-state index in [1.807, 2.05) is 0 Å². The van der Waals surface area contributed by atoms with Crippen molar-refractivity contribution in [1.82, 2.24) is 24.9 Å². The van der Waals surface area contributed by atoms with E-state index in [2.05, 4.69) is 15.3 Å². The average molecular weight is 348 g/mol. The van der Waals surface area contributed by atoms with Crippen LogP contribution in [0.5, 0.6) is 0 Å². The van der Waals surface area contributed by atoms with E-state index in [1.54, 1.807) is 37.0 Å². The van der Waals surface area contributed by atoms with Crippen molar-refractivity contribution >= 4 is 17.5 Å². The van der Waals surface area contributed by atoms with Crippen molar-refractivity contribution < 1.29 is 9.18 Å². The van der Waals surface area contributed by atoms with E-state index in [0.717, 1.165) is 11.3 Å². The highest BCUT2D eigenvalue weighted by Gasteiger charge is 2.18. The molecular formula is C16H15ClFN5O. The maximum Gasteiger partial charge on any atom is 0.271 e. The first-order chi connectivity index (χ1) is 11.5. The van der Waals surface area contributed by atoms with Crippen LogP contribution in [0.2, 0.25) is 5.02 Å². The topological polar surface area (TPSA) is 66.8 Å². The summed E-state index contributed by atoms with van der Waals surface area (Å²) >= 11 is 6.06. The van der Waals surface area contributed by atoms with Gasteiger partial charge in [0.05, 0.1) is 29.2 Å². The zero-order chi connectivity index (χ0) is 17.3. The third-order valence-electron chi connectivity index (χ3n) is 3.69. The number of aromatic amines is 1. The van der Waals surface area contributed by atoms with E-state index in [0.29, 0.717) is 23.0 Å². The number of aromatic nitrogens is 4. The van der Waals surface area contributed by atoms with Crippen molar-refractivity contribution in [3.05, 3.63) is 58.8 Å². The Morgan fingerprint density at radius 2 is 2.08 bits per heavy atom. The third kappa shape index (κ3) is 3.16. The summed E-state index contributed by atoms with van der Waals surface area (Å²) in [6.07, 6.45) is 1.54. The Kier molecular flexibility index (Phi) is 4.35. The number of hydrogen-bond acceptors (Lipinski definition) is 3. The molecule has 1 aromatic carbocycles. The molecule has 2 heterocycles. The van der Waals surface area contributed by atoms with Crippen LogP contribution in [-0.2, 0) is 13.6 Å². The fraction of sp³-hybridized carbons (Fsp3) is 0.188. The van der Waals surface area contributed by atoms with Crippen LogP contribution in [-0.4, -0.2) is 37.8 Å². The molecule has 24 heavy (non-hydrogen) atoms. The molecule has 8 heteroatoms. The number of amides is 1. The summed E-state index contributed by atoms with van der Waals surface area (Å²) in [4.78, 5) is 14.0. The van der Waals surface area contributed by atoms with Crippen molar-refractivity contribution in [2.75, 3.05) is 7.05 Å². The SMILES string of the molecule is CN(Cc1c(Cl)cnn1C)C(=O)c1cc(-c2ccc(F)cc2)n[nH]1. The first-order valence-corrected chi connectivity index (χ1v) is 7.56. The number of halogens is 2. The summed E-state index contributed by atoms with van der Waals surface area (Å²) in [5.41, 5.74) is 2.38. The molecule has 124 valence electrons. The van der Waals surface area contributed by atoms with E-state index >= 15 is 0 Å². The molecule has 0 fully saturated rings. The molecule has 0 aliphatic rings. The zero-order valence-corrected chi connectivity index (χ0v) is 13.9. The molecule has 0 aliphatic carbocycles. The molecule has 1 amide bonds. The summed E-state index contributed by atoms with van der Waals surface area (Å²) in [5.74, 6) is -0.550. The second-order valence-corrected chi connectivity index (χ2v) is 5.80. The maximum atomic E-state index is 13.0. The van der Waals surface area contributed by atoms with Gasteiger partial charge < -0.3 is 4.90 Å². The minimum atomic E-state index is -0.321. The van der Waals surface area contributed by atoms with Gasteiger partial charge in [-0.2, -0.15) is 10.2 Å². The number of aryl methyl sites for hydroxylation is 1. The Labute approximate surface area is 142 Å². The number of hydrogen-bond donors (Lipinski definition) is 1. The van der Waals surface area contributed by atoms with Crippen LogP contribution in [0.15, 0.2) is 36.5 Å². The van der Waals surface area contributed by atoms with Gasteiger partial charge in [0.25, 0.3) is 5.91 Å². The summed E-state index contributed by atoms with van der Waals surface area (Å²) in [6.45, 7) is 0.319. The number of nitrogens with one attached hydrogen (secondary N) is 1. The third-order valence-corrected chi connectivity index (χ3v) is 4.01. The Bertz CT molecular complexity index is 851. The quantitative estimate of drug-likeness (QED) is 0.789. The van der Waals surface area contributed by atoms with Crippen LogP contribution in [0.3, 0.4) is 0 Å². The second-order valence-electron chi connectivity index (χ2n) is 5.40. The van der Waals surface area contributed by atoms with E-state index in [1.165, 1.54) is 23.2 Å². The van der Waals surface area contributed by atoms with Gasteiger partial charge in [0.2, 0.25) is 0 Å². The van der Waals surface area contributed by atoms with Gasteiger partial charge in [0.1, 0.15) is 11.5 Å². The molecule has 1 N–H and O–H groups in total. The Balaban J connectivity index is 1.77. The summed E-state index contributed by atoms with van der Waals surface area (Å²) in [6, 6.07) is 7.55. The van der Waals surface area contributed by atoms with E-state index in [9.17, 15) is 9.18 Å². The molecule has 3 aromatic rings. The number of nitrogens with zero attached hydrogens (tertiary/aromatic N) is 4. The van der Waals surface area contributed by atoms with Crippen LogP contribution < -0.4 is 0 Å². The van der Waals surface area contributed by atoms with Crippen LogP contribution >= 0.6 is 11.6 Å². The average Bonchev–Trinajstić information content (AvgIpc) is 3.17. The molecular weight excluding hydrogens is 333 g/mol. The lowest BCUT2D eigenvalue weighted by Crippen LogP contribution is -2.27. The second kappa shape index (κ2) is 6.45. The first kappa shape index (κ1) is 16.2. The zero-order valence-electron chi connectivity index (χ0n) is 13.1. The van der Waals surface area contributed by atoms with Gasteiger partial charge in [-0.1, -0.05) is 11.6 Å². The molecule has 0 saturated carbocycles. The number of rotatable bonds is 4. The molecule has 0 aliphatic heterocycles. The molecule has 0 unspecified atom stereocenters. The van der Waals surface area contributed by atoms with Crippen LogP contribution in [0.4, 0.5) is 4.39 Å². The molecule has 0 bridgehead atoms. The lowest BCUT2D eigenvalue weighted by atomic mass is 10.1. The predicted octanol–water partition coefficient (Wildman–Crippen LogP) is 2.87. The number of H-pyrrole nitrogens is 1. The number of carbonyl (C=O) groups is 1. The highest BCUT2D eigenvalue weighted by Crippen LogP contribution is 2.20. The monoisotopic (exact) mass is 347 g/mol. The van der Waals surface area contributed by atoms with Crippen LogP contribution in [0.1, 0.15) is 16.2 Å². The lowest BCUT2D eigenvalue weighted by Gasteiger charge is -2.16. The number of benzene rings is 1. The van der Waals surface area contributed by atoms with E-state index in [4.69, 9.17) is 11.6 Å². The fourth-order valence-electron chi connectivity index (χ4n) is 2.32. The molecule has 0 radical (unpaired) electrons. The van der Waals surface area contributed by atoms with Gasteiger partial charge in [0.15, 0.2) is 0 Å². The normalized spacial score (nSPS) is 10.8. The molecule has 0 spiro atoms. The first-order valence-electron chi connectivity index (χ1n) is 7.19. The van der Waals surface area contributed by atoms with Crippen molar-refractivity contribution in [2.24, 2.45) is 7.05 Å². The molecule has 3 rings (SSSR count). The van der Waals surface area contributed by atoms with Gasteiger partial charge in [-0.3, -0.25) is 14.6 Å². The summed E-state index contributed by atoms with van der Waals surface area (Å²) in [7, 11) is 3.44. The lowest BCUT2D eigenvalue weighted by molar-refractivity contribution is 0.0776. The van der Waals surface area contributed by atoms with Gasteiger partial charge >= 0.3 is 0 Å². The standard InChI is InChI=1S/C16H15ClFN5O/c1-22(9-15-12(17)8-19-23(15)2)16(24)14-7-13(20-21-14)10-3-5-11(18)6-4-10/h3-8H,9H2,1-2H3,(H,20,21). The highest BCUT2D eigenvalue weighted by atomic mass is 35.5. The van der Waals surface area contributed by atoms with Crippen LogP contribution in [0, 0.1) is 5.82 Å². The maximum absolute atomic E-state index is 13.0. The van der Waals surface area contributed by atoms with E-state index in [-0.39, 0.29) is 11.7 Å². The number of carbonyl (C=O) groups excluding carboxylic acids is 1. The summed E-state index contributed by atoms with van der Waals surface area (Å²) < 4.78 is 14.6. The molecule has 6 nitrogen and oxygen atoms in total. The van der Waals surface area contributed by atoms with E-state index < -0.39 is 0 Å². The highest BCUT2D eigenvalue weighted by molar-refractivity contribution is 6.31. The Morgan fingerprint density at radius 1 is 1.38 bits per heavy atom. The van der Waals surface area contributed by atoms with Gasteiger partial charge in [0, 0.05) is 19.7 Å². The van der Waals surface area contributed by atoms with Crippen molar-refractivity contribution in [3.63, 3.8) is 0 Å². The van der Waals surface area contributed by atoms with Crippen molar-refractivity contribution in [2.45, 2.75) is 6.54 Å². The Morgan fingerprint density at radius 3 is 2.71 bits per heavy atom. The largest absolute Gasteiger partial charge is 0.334 e. The molecule has 0 saturated heterocycles. The molecule has 0 atom stereocenters. The minimum absolute atomic E-state index is 0.229. The Hall–Kier alpha value is -2.67. The van der Waals surface area contributed by atoms with Gasteiger partial charge in [-0.15, -0.1) is 0 Å². The smallest absolute Gasteiger partial charge is 0.271 e. The fourth-order valence-corrected chi connectivity index (χ4v) is 2.54. The molecule has 2 aromatic heterocycles. The van der Waals surface area contributed by atoms with Gasteiger partial charge in [-0.05, 0) is 30.3 Å². The van der Waals surface area contributed by atoms with Crippen LogP contribution in [0.25, 0.3) is 11.3 Å². The summed E-state index contributed by atoms with van der Waals surface area (Å²) in [5, 5.41) is 11.4. The van der Waals surface area contributed by atoms with Crippen molar-refractivity contribution in [3.8, 4) is 11.3 Å².